The highest BCUT2D eigenvalue weighted by Crippen LogP contribution is 2.21. The van der Waals surface area contributed by atoms with Gasteiger partial charge in [0.25, 0.3) is 0 Å². The highest BCUT2D eigenvalue weighted by atomic mass is 16.4. The van der Waals surface area contributed by atoms with E-state index in [2.05, 4.69) is 12.2 Å². The molecule has 0 saturated carbocycles. The largest absolute Gasteiger partial charge is 0.451 e. The van der Waals surface area contributed by atoms with Crippen LogP contribution in [0.5, 0.6) is 0 Å². The normalized spacial score (nSPS) is 23.9. The molecule has 0 amide bonds. The van der Waals surface area contributed by atoms with Crippen LogP contribution in [0.1, 0.15) is 26.2 Å². The Morgan fingerprint density at radius 1 is 1.47 bits per heavy atom. The standard InChI is InChI=1S/C8H18BNO2.CO2/c1-7-8(4-6-10-7)3-2-5-9(11)12;2-1-3/h7-8,10-12H,2-6H2,1H3;/t7-,8-;/m1./s1. The summed E-state index contributed by atoms with van der Waals surface area (Å²) in [7, 11) is -1.12. The van der Waals surface area contributed by atoms with Crippen LogP contribution in [0.25, 0.3) is 0 Å². The average Bonchev–Trinajstić information content (AvgIpc) is 2.53. The maximum Gasteiger partial charge on any atom is 0.451 e. The zero-order valence-electron chi connectivity index (χ0n) is 8.98. The lowest BCUT2D eigenvalue weighted by Crippen LogP contribution is -2.23. The number of hydrogen-bond donors (Lipinski definition) is 3. The average molecular weight is 215 g/mol. The second kappa shape index (κ2) is 8.62. The molecule has 0 aromatic heterocycles. The van der Waals surface area contributed by atoms with Crippen molar-refractivity contribution in [2.24, 2.45) is 5.92 Å². The highest BCUT2D eigenvalue weighted by Gasteiger charge is 2.22. The molecule has 6 heteroatoms. The van der Waals surface area contributed by atoms with E-state index in [1.807, 2.05) is 0 Å². The first-order valence-electron chi connectivity index (χ1n) is 5.20. The molecular weight excluding hydrogens is 197 g/mol. The third-order valence-electron chi connectivity index (χ3n) is 2.73. The Balaban J connectivity index is 0.000000583. The smallest absolute Gasteiger partial charge is 0.427 e. The van der Waals surface area contributed by atoms with E-state index in [0.717, 1.165) is 25.3 Å². The van der Waals surface area contributed by atoms with Crippen molar-refractivity contribution in [1.82, 2.24) is 5.32 Å². The highest BCUT2D eigenvalue weighted by molar-refractivity contribution is 6.40. The van der Waals surface area contributed by atoms with Crippen LogP contribution >= 0.6 is 0 Å². The molecule has 0 aromatic carbocycles. The third-order valence-corrected chi connectivity index (χ3v) is 2.73. The fourth-order valence-corrected chi connectivity index (χ4v) is 1.87. The van der Waals surface area contributed by atoms with Crippen LogP contribution in [0, 0.1) is 5.92 Å². The Morgan fingerprint density at radius 3 is 2.47 bits per heavy atom. The zero-order chi connectivity index (χ0) is 11.7. The molecule has 0 unspecified atom stereocenters. The summed E-state index contributed by atoms with van der Waals surface area (Å²) in [5, 5.41) is 20.6. The lowest BCUT2D eigenvalue weighted by atomic mass is 9.81. The minimum atomic E-state index is -1.12. The van der Waals surface area contributed by atoms with Crippen LogP contribution in [0.15, 0.2) is 0 Å². The van der Waals surface area contributed by atoms with Gasteiger partial charge in [-0.15, -0.1) is 0 Å². The summed E-state index contributed by atoms with van der Waals surface area (Å²) in [5.74, 6) is 0.740. The molecule has 1 saturated heterocycles. The van der Waals surface area contributed by atoms with Gasteiger partial charge in [-0.3, -0.25) is 0 Å². The molecule has 0 radical (unpaired) electrons. The van der Waals surface area contributed by atoms with E-state index in [4.69, 9.17) is 19.6 Å². The summed E-state index contributed by atoms with van der Waals surface area (Å²) in [5.41, 5.74) is 0. The molecule has 1 aliphatic rings. The van der Waals surface area contributed by atoms with Crippen molar-refractivity contribution in [3.63, 3.8) is 0 Å². The molecule has 86 valence electrons. The van der Waals surface area contributed by atoms with Crippen LogP contribution in [-0.2, 0) is 9.59 Å². The van der Waals surface area contributed by atoms with E-state index in [-0.39, 0.29) is 6.15 Å². The van der Waals surface area contributed by atoms with Gasteiger partial charge in [0, 0.05) is 6.04 Å². The number of rotatable bonds is 4. The van der Waals surface area contributed by atoms with Gasteiger partial charge in [0.05, 0.1) is 0 Å². The number of nitrogens with one attached hydrogen (secondary N) is 1. The van der Waals surface area contributed by atoms with Gasteiger partial charge in [-0.25, -0.2) is 0 Å². The minimum absolute atomic E-state index is 0.250. The Kier molecular flexibility index (Phi) is 8.23. The van der Waals surface area contributed by atoms with Crippen LogP contribution in [0.4, 0.5) is 0 Å². The maximum atomic E-state index is 8.63. The SMILES string of the molecule is C[C@H]1NCC[C@H]1CCCB(O)O.O=C=O. The van der Waals surface area contributed by atoms with Crippen molar-refractivity contribution in [2.45, 2.75) is 38.5 Å². The summed E-state index contributed by atoms with van der Waals surface area (Å²) in [6.07, 6.45) is 4.05. The molecule has 0 spiro atoms. The van der Waals surface area contributed by atoms with Crippen molar-refractivity contribution >= 4 is 13.3 Å². The molecule has 0 aromatic rings. The van der Waals surface area contributed by atoms with Gasteiger partial charge in [-0.2, -0.15) is 9.59 Å². The summed E-state index contributed by atoms with van der Waals surface area (Å²) in [6.45, 7) is 3.32. The molecule has 1 fully saturated rings. The van der Waals surface area contributed by atoms with Crippen molar-refractivity contribution in [2.75, 3.05) is 6.54 Å². The van der Waals surface area contributed by atoms with E-state index < -0.39 is 7.12 Å². The third kappa shape index (κ3) is 7.28. The topological polar surface area (TPSA) is 86.6 Å². The van der Waals surface area contributed by atoms with Crippen LogP contribution in [0.2, 0.25) is 6.32 Å². The van der Waals surface area contributed by atoms with Crippen molar-refractivity contribution in [1.29, 1.82) is 0 Å². The van der Waals surface area contributed by atoms with E-state index >= 15 is 0 Å². The first-order valence-corrected chi connectivity index (χ1v) is 5.20. The fourth-order valence-electron chi connectivity index (χ4n) is 1.87. The van der Waals surface area contributed by atoms with Crippen LogP contribution in [-0.4, -0.2) is 35.9 Å². The summed E-state index contributed by atoms with van der Waals surface area (Å²) in [4.78, 5) is 16.2. The van der Waals surface area contributed by atoms with E-state index in [0.29, 0.717) is 12.4 Å². The lowest BCUT2D eigenvalue weighted by Gasteiger charge is -2.13. The second-order valence-corrected chi connectivity index (χ2v) is 3.79. The maximum absolute atomic E-state index is 8.63. The van der Waals surface area contributed by atoms with Gasteiger partial charge >= 0.3 is 13.3 Å². The van der Waals surface area contributed by atoms with Gasteiger partial charge < -0.3 is 15.4 Å². The van der Waals surface area contributed by atoms with Crippen LogP contribution in [0.3, 0.4) is 0 Å². The predicted octanol–water partition coefficient (Wildman–Crippen LogP) is -0.346. The van der Waals surface area contributed by atoms with Crippen molar-refractivity contribution in [3.05, 3.63) is 0 Å². The van der Waals surface area contributed by atoms with Gasteiger partial charge in [0.2, 0.25) is 0 Å². The van der Waals surface area contributed by atoms with Crippen molar-refractivity contribution < 1.29 is 19.6 Å². The Labute approximate surface area is 90.0 Å². The summed E-state index contributed by atoms with van der Waals surface area (Å²) < 4.78 is 0. The lowest BCUT2D eigenvalue weighted by molar-refractivity contribution is -0.191. The Bertz CT molecular complexity index is 195. The van der Waals surface area contributed by atoms with Gasteiger partial charge in [-0.05, 0) is 38.5 Å². The van der Waals surface area contributed by atoms with Gasteiger partial charge in [0.1, 0.15) is 0 Å². The molecule has 1 heterocycles. The molecule has 0 aliphatic carbocycles. The monoisotopic (exact) mass is 215 g/mol. The van der Waals surface area contributed by atoms with E-state index in [1.165, 1.54) is 6.42 Å². The number of hydrogen-bond acceptors (Lipinski definition) is 5. The molecule has 1 aliphatic heterocycles. The number of carbonyl (C=O) groups excluding carboxylic acids is 2. The molecule has 1 rings (SSSR count). The second-order valence-electron chi connectivity index (χ2n) is 3.79. The van der Waals surface area contributed by atoms with Gasteiger partial charge in [0.15, 0.2) is 0 Å². The quantitative estimate of drug-likeness (QED) is 0.558. The van der Waals surface area contributed by atoms with Crippen molar-refractivity contribution in [3.8, 4) is 0 Å². The van der Waals surface area contributed by atoms with E-state index in [9.17, 15) is 0 Å². The zero-order valence-corrected chi connectivity index (χ0v) is 8.98. The molecule has 5 nitrogen and oxygen atoms in total. The molecule has 3 N–H and O–H groups in total. The molecule has 15 heavy (non-hydrogen) atoms. The Hall–Kier alpha value is -0.675. The predicted molar refractivity (Wildman–Crippen MR) is 54.8 cm³/mol. The molecular formula is C9H18BNO4. The Morgan fingerprint density at radius 2 is 2.07 bits per heavy atom. The molecule has 2 atom stereocenters. The fraction of sp³-hybridized carbons (Fsp3) is 0.889. The van der Waals surface area contributed by atoms with Crippen LogP contribution < -0.4 is 5.32 Å². The van der Waals surface area contributed by atoms with E-state index in [1.54, 1.807) is 0 Å². The summed E-state index contributed by atoms with van der Waals surface area (Å²) >= 11 is 0. The molecule has 0 bridgehead atoms. The minimum Gasteiger partial charge on any atom is -0.427 e. The summed E-state index contributed by atoms with van der Waals surface area (Å²) in [6, 6.07) is 0.612. The first kappa shape index (κ1) is 14.3. The van der Waals surface area contributed by atoms with Gasteiger partial charge in [-0.1, -0.05) is 6.42 Å². The first-order chi connectivity index (χ1) is 7.11.